The van der Waals surface area contributed by atoms with Gasteiger partial charge in [-0.3, -0.25) is 4.79 Å². The van der Waals surface area contributed by atoms with E-state index in [2.05, 4.69) is 15.5 Å². The van der Waals surface area contributed by atoms with Crippen molar-refractivity contribution < 1.29 is 9.18 Å². The molecule has 0 saturated carbocycles. The molecule has 4 N–H and O–H groups in total. The highest BCUT2D eigenvalue weighted by atomic mass is 32.1. The number of rotatable bonds is 1. The maximum atomic E-state index is 14.0. The van der Waals surface area contributed by atoms with Gasteiger partial charge in [-0.25, -0.2) is 19.1 Å². The maximum absolute atomic E-state index is 14.0. The van der Waals surface area contributed by atoms with Crippen molar-refractivity contribution >= 4 is 34.7 Å². The summed E-state index contributed by atoms with van der Waals surface area (Å²) in [5.74, 6) is 5.82. The van der Waals surface area contributed by atoms with E-state index in [4.69, 9.17) is 23.0 Å². The molecule has 5 rings (SSSR count). The van der Waals surface area contributed by atoms with Gasteiger partial charge in [-0.2, -0.15) is 5.10 Å². The molecule has 7 nitrogen and oxygen atoms in total. The largest absolute Gasteiger partial charge is 0.335 e. The van der Waals surface area contributed by atoms with Gasteiger partial charge in [0, 0.05) is 16.5 Å². The topological polar surface area (TPSA) is 102 Å². The number of amides is 1. The normalized spacial score (nSPS) is 13.0. The number of fused-ring (bicyclic) bond motifs is 4. The Morgan fingerprint density at radius 3 is 2.82 bits per heavy atom. The SMILES string of the molecule is Nn1c(-c2c3c(nc4ccccc24)-c2cc(F)ccc2NC(=O)C3)n[nH]c1=S. The Labute approximate surface area is 163 Å². The molecular formula is C19H13FN6OS. The molecule has 28 heavy (non-hydrogen) atoms. The zero-order valence-electron chi connectivity index (χ0n) is 14.4. The van der Waals surface area contributed by atoms with Gasteiger partial charge >= 0.3 is 0 Å². The summed E-state index contributed by atoms with van der Waals surface area (Å²) in [6.07, 6.45) is 0.0401. The Kier molecular flexibility index (Phi) is 3.53. The number of nitrogen functional groups attached to an aromatic ring is 1. The first kappa shape index (κ1) is 16.6. The van der Waals surface area contributed by atoms with Crippen molar-refractivity contribution in [2.45, 2.75) is 6.42 Å². The van der Waals surface area contributed by atoms with E-state index in [0.717, 1.165) is 5.39 Å². The number of nitrogens with two attached hydrogens (primary N) is 1. The number of carbonyl (C=O) groups excluding carboxylic acids is 1. The average molecular weight is 392 g/mol. The van der Waals surface area contributed by atoms with E-state index in [0.29, 0.717) is 39.4 Å². The van der Waals surface area contributed by atoms with Crippen LogP contribution >= 0.6 is 12.2 Å². The van der Waals surface area contributed by atoms with Crippen molar-refractivity contribution in [3.8, 4) is 22.6 Å². The average Bonchev–Trinajstić information content (AvgIpc) is 2.93. The molecule has 0 unspecified atom stereocenters. The Bertz CT molecular complexity index is 1340. The summed E-state index contributed by atoms with van der Waals surface area (Å²) in [7, 11) is 0. The lowest BCUT2D eigenvalue weighted by atomic mass is 9.94. The third-order valence-corrected chi connectivity index (χ3v) is 5.06. The molecule has 2 aromatic carbocycles. The fourth-order valence-electron chi connectivity index (χ4n) is 3.56. The van der Waals surface area contributed by atoms with Crippen LogP contribution in [-0.4, -0.2) is 25.8 Å². The molecule has 3 heterocycles. The number of anilines is 1. The number of nitrogens with zero attached hydrogens (tertiary/aromatic N) is 3. The fourth-order valence-corrected chi connectivity index (χ4v) is 3.69. The minimum atomic E-state index is -0.418. The first-order valence-electron chi connectivity index (χ1n) is 8.47. The Morgan fingerprint density at radius 2 is 2.04 bits per heavy atom. The van der Waals surface area contributed by atoms with Gasteiger partial charge in [-0.15, -0.1) is 0 Å². The van der Waals surface area contributed by atoms with Crippen LogP contribution in [-0.2, 0) is 11.2 Å². The number of para-hydroxylation sites is 1. The van der Waals surface area contributed by atoms with Gasteiger partial charge in [-0.1, -0.05) is 18.2 Å². The number of H-pyrrole nitrogens is 1. The smallest absolute Gasteiger partial charge is 0.228 e. The Balaban J connectivity index is 1.97. The molecule has 0 saturated heterocycles. The van der Waals surface area contributed by atoms with E-state index in [-0.39, 0.29) is 17.1 Å². The molecule has 0 spiro atoms. The highest BCUT2D eigenvalue weighted by Crippen LogP contribution is 2.40. The fraction of sp³-hybridized carbons (Fsp3) is 0.0526. The highest BCUT2D eigenvalue weighted by molar-refractivity contribution is 7.71. The van der Waals surface area contributed by atoms with E-state index in [9.17, 15) is 9.18 Å². The molecule has 0 aliphatic carbocycles. The molecule has 4 aromatic rings. The second-order valence-electron chi connectivity index (χ2n) is 6.47. The molecule has 1 aliphatic rings. The number of nitrogens with one attached hydrogen (secondary N) is 2. The van der Waals surface area contributed by atoms with Gasteiger partial charge in [0.1, 0.15) is 5.82 Å². The number of aromatic nitrogens is 4. The van der Waals surface area contributed by atoms with Gasteiger partial charge in [-0.05, 0) is 42.0 Å². The number of carbonyl (C=O) groups is 1. The summed E-state index contributed by atoms with van der Waals surface area (Å²) in [6, 6.07) is 11.7. The second-order valence-corrected chi connectivity index (χ2v) is 6.86. The molecule has 1 amide bonds. The summed E-state index contributed by atoms with van der Waals surface area (Å²) in [5, 5.41) is 10.5. The predicted octanol–water partition coefficient (Wildman–Crippen LogP) is 3.17. The molecule has 0 atom stereocenters. The zero-order valence-corrected chi connectivity index (χ0v) is 15.2. The van der Waals surface area contributed by atoms with Crippen molar-refractivity contribution in [3.63, 3.8) is 0 Å². The van der Waals surface area contributed by atoms with Crippen LogP contribution in [0.5, 0.6) is 0 Å². The molecule has 9 heteroatoms. The van der Waals surface area contributed by atoms with Gasteiger partial charge in [0.15, 0.2) is 5.82 Å². The monoisotopic (exact) mass is 392 g/mol. The number of halogens is 1. The lowest BCUT2D eigenvalue weighted by molar-refractivity contribution is -0.115. The zero-order chi connectivity index (χ0) is 19.4. The molecule has 0 radical (unpaired) electrons. The van der Waals surface area contributed by atoms with Crippen molar-refractivity contribution in [2.75, 3.05) is 11.2 Å². The van der Waals surface area contributed by atoms with Gasteiger partial charge in [0.25, 0.3) is 0 Å². The van der Waals surface area contributed by atoms with Crippen LogP contribution in [0.1, 0.15) is 5.56 Å². The van der Waals surface area contributed by atoms with Crippen LogP contribution in [0, 0.1) is 10.6 Å². The summed E-state index contributed by atoms with van der Waals surface area (Å²) in [6.45, 7) is 0. The Morgan fingerprint density at radius 1 is 1.21 bits per heavy atom. The van der Waals surface area contributed by atoms with Crippen LogP contribution < -0.4 is 11.2 Å². The van der Waals surface area contributed by atoms with E-state index in [1.165, 1.54) is 22.9 Å². The quantitative estimate of drug-likeness (QED) is 0.341. The van der Waals surface area contributed by atoms with Gasteiger partial charge in [0.2, 0.25) is 10.7 Å². The predicted molar refractivity (Wildman–Crippen MR) is 106 cm³/mol. The van der Waals surface area contributed by atoms with E-state index < -0.39 is 5.82 Å². The standard InChI is InChI=1S/C19H13FN6OS/c20-9-5-6-14-11(7-9)17-12(8-15(27)22-14)16(18-24-25-19(28)26(18)21)10-3-1-2-4-13(10)23-17/h1-7H,8,21H2,(H,22,27)(H,25,28). The minimum Gasteiger partial charge on any atom is -0.335 e. The van der Waals surface area contributed by atoms with Crippen molar-refractivity contribution in [2.24, 2.45) is 0 Å². The lowest BCUT2D eigenvalue weighted by Gasteiger charge is -2.15. The Hall–Kier alpha value is -3.59. The van der Waals surface area contributed by atoms with E-state index >= 15 is 0 Å². The highest BCUT2D eigenvalue weighted by Gasteiger charge is 2.27. The number of hydrogen-bond donors (Lipinski definition) is 3. The summed E-state index contributed by atoms with van der Waals surface area (Å²) < 4.78 is 15.5. The van der Waals surface area contributed by atoms with Crippen molar-refractivity contribution in [3.05, 3.63) is 58.6 Å². The summed E-state index contributed by atoms with van der Waals surface area (Å²) in [5.41, 5.74) is 3.45. The van der Waals surface area contributed by atoms with Gasteiger partial charge in [0.05, 0.1) is 23.3 Å². The van der Waals surface area contributed by atoms with Crippen LogP contribution in [0.3, 0.4) is 0 Å². The first-order valence-corrected chi connectivity index (χ1v) is 8.88. The molecular weight excluding hydrogens is 379 g/mol. The summed E-state index contributed by atoms with van der Waals surface area (Å²) >= 11 is 5.16. The van der Waals surface area contributed by atoms with Gasteiger partial charge < -0.3 is 11.2 Å². The lowest BCUT2D eigenvalue weighted by Crippen LogP contribution is -2.15. The van der Waals surface area contributed by atoms with Crippen molar-refractivity contribution in [1.82, 2.24) is 19.9 Å². The number of pyridine rings is 1. The third-order valence-electron chi connectivity index (χ3n) is 4.77. The minimum absolute atomic E-state index is 0.0401. The van der Waals surface area contributed by atoms with E-state index in [1.54, 1.807) is 0 Å². The van der Waals surface area contributed by atoms with Crippen LogP contribution in [0.15, 0.2) is 42.5 Å². The number of aromatic amines is 1. The molecule has 138 valence electrons. The van der Waals surface area contributed by atoms with E-state index in [1.807, 2.05) is 24.3 Å². The van der Waals surface area contributed by atoms with Crippen LogP contribution in [0.25, 0.3) is 33.5 Å². The molecule has 1 aliphatic heterocycles. The molecule has 0 bridgehead atoms. The first-order chi connectivity index (χ1) is 13.5. The maximum Gasteiger partial charge on any atom is 0.228 e. The number of hydrogen-bond acceptors (Lipinski definition) is 5. The molecule has 2 aromatic heterocycles. The number of benzene rings is 2. The van der Waals surface area contributed by atoms with Crippen molar-refractivity contribution in [1.29, 1.82) is 0 Å². The summed E-state index contributed by atoms with van der Waals surface area (Å²) in [4.78, 5) is 17.3. The van der Waals surface area contributed by atoms with Crippen LogP contribution in [0.2, 0.25) is 0 Å². The third kappa shape index (κ3) is 2.40. The van der Waals surface area contributed by atoms with Crippen LogP contribution in [0.4, 0.5) is 10.1 Å². The molecule has 0 fully saturated rings. The second kappa shape index (κ2) is 5.96.